The minimum atomic E-state index is -1.74. The number of rotatable bonds is 7. The monoisotopic (exact) mass is 467 g/mol. The summed E-state index contributed by atoms with van der Waals surface area (Å²) in [6.07, 6.45) is 0.924. The first-order valence-corrected chi connectivity index (χ1v) is 11.4. The molecule has 2 unspecified atom stereocenters. The Bertz CT molecular complexity index is 1130. The maximum absolute atomic E-state index is 14.6. The molecule has 1 aromatic heterocycles. The van der Waals surface area contributed by atoms with Gasteiger partial charge in [-0.25, -0.2) is 14.4 Å². The molecule has 1 aliphatic heterocycles. The number of amides is 1. The Morgan fingerprint density at radius 1 is 1.30 bits per heavy atom. The van der Waals surface area contributed by atoms with Crippen LogP contribution in [-0.4, -0.2) is 35.5 Å². The fraction of sp³-hybridized carbons (Fsp3) is 0.320. The number of aromatic nitrogens is 2. The molecule has 6 nitrogen and oxygen atoms in total. The molecule has 1 saturated heterocycles. The highest BCUT2D eigenvalue weighted by Gasteiger charge is 2.26. The number of alkyl halides is 1. The van der Waals surface area contributed by atoms with E-state index in [2.05, 4.69) is 15.2 Å². The Morgan fingerprint density at radius 2 is 2.09 bits per heavy atom. The zero-order valence-electron chi connectivity index (χ0n) is 18.5. The smallest absolute Gasteiger partial charge is 0.259 e. The van der Waals surface area contributed by atoms with Crippen LogP contribution >= 0.6 is 11.6 Å². The van der Waals surface area contributed by atoms with Crippen molar-refractivity contribution in [2.24, 2.45) is 11.7 Å². The lowest BCUT2D eigenvalue weighted by Gasteiger charge is -2.22. The molecular formula is C25H27ClFN5O. The van der Waals surface area contributed by atoms with Crippen LogP contribution in [0.3, 0.4) is 0 Å². The third kappa shape index (κ3) is 5.31. The van der Waals surface area contributed by atoms with Crippen LogP contribution in [-0.2, 0) is 11.3 Å². The number of carbonyl (C=O) groups excluding carboxylic acids is 1. The van der Waals surface area contributed by atoms with Crippen LogP contribution in [0, 0.1) is 12.8 Å². The van der Waals surface area contributed by atoms with Crippen LogP contribution < -0.4 is 16.0 Å². The summed E-state index contributed by atoms with van der Waals surface area (Å²) in [6.45, 7) is 4.26. The fourth-order valence-electron chi connectivity index (χ4n) is 3.93. The molecule has 0 radical (unpaired) electrons. The number of nitrogens with one attached hydrogen (secondary N) is 1. The van der Waals surface area contributed by atoms with E-state index in [1.807, 2.05) is 25.1 Å². The van der Waals surface area contributed by atoms with Gasteiger partial charge in [-0.05, 0) is 43.0 Å². The Kier molecular flexibility index (Phi) is 7.20. The minimum absolute atomic E-state index is 0.125. The topological polar surface area (TPSA) is 84.1 Å². The van der Waals surface area contributed by atoms with Crippen LogP contribution in [0.2, 0.25) is 5.02 Å². The number of aryl methyl sites for hydroxylation is 1. The van der Waals surface area contributed by atoms with Gasteiger partial charge in [-0.1, -0.05) is 54.1 Å². The molecule has 172 valence electrons. The van der Waals surface area contributed by atoms with Crippen molar-refractivity contribution in [3.05, 3.63) is 76.4 Å². The maximum atomic E-state index is 14.6. The molecule has 8 heteroatoms. The van der Waals surface area contributed by atoms with Gasteiger partial charge in [-0.2, -0.15) is 0 Å². The predicted octanol–water partition coefficient (Wildman–Crippen LogP) is 4.22. The first-order chi connectivity index (χ1) is 16.0. The number of nitrogens with zero attached hydrogens (tertiary/aromatic N) is 3. The van der Waals surface area contributed by atoms with E-state index in [0.29, 0.717) is 28.9 Å². The zero-order chi connectivity index (χ0) is 23.4. The van der Waals surface area contributed by atoms with E-state index in [-0.39, 0.29) is 6.54 Å². The van der Waals surface area contributed by atoms with Gasteiger partial charge in [-0.15, -0.1) is 0 Å². The normalized spacial score (nSPS) is 16.6. The molecule has 1 amide bonds. The van der Waals surface area contributed by atoms with Crippen molar-refractivity contribution in [2.45, 2.75) is 26.1 Å². The molecule has 0 spiro atoms. The molecule has 0 aliphatic carbocycles. The van der Waals surface area contributed by atoms with Crippen LogP contribution in [0.15, 0.2) is 54.7 Å². The lowest BCUT2D eigenvalue weighted by Crippen LogP contribution is -2.29. The number of anilines is 1. The molecule has 4 rings (SSSR count). The van der Waals surface area contributed by atoms with Crippen molar-refractivity contribution >= 4 is 23.3 Å². The Hall–Kier alpha value is -3.03. The van der Waals surface area contributed by atoms with Crippen LogP contribution in [0.1, 0.15) is 29.3 Å². The first-order valence-electron chi connectivity index (χ1n) is 11.0. The molecule has 3 aromatic rings. The third-order valence-corrected chi connectivity index (χ3v) is 6.37. The van der Waals surface area contributed by atoms with Gasteiger partial charge in [0.05, 0.1) is 0 Å². The van der Waals surface area contributed by atoms with Gasteiger partial charge in [0.1, 0.15) is 5.82 Å². The number of hydrogen-bond donors (Lipinski definition) is 2. The highest BCUT2D eigenvalue weighted by Crippen LogP contribution is 2.29. The van der Waals surface area contributed by atoms with E-state index < -0.39 is 12.1 Å². The molecule has 0 saturated carbocycles. The second-order valence-corrected chi connectivity index (χ2v) is 8.74. The molecule has 1 fully saturated rings. The standard InChI is InChI=1S/C25H27ClFN5O/c1-16-7-8-19(11-21(16)26)23-29-13-20(24(31-23)32-10-9-17(12-28)15-32)14-30-25(33)22(27)18-5-3-2-4-6-18/h2-8,11,13,17,22H,9-10,12,14-15,28H2,1H3,(H,30,33). The fourth-order valence-corrected chi connectivity index (χ4v) is 4.11. The third-order valence-electron chi connectivity index (χ3n) is 5.97. The molecule has 0 bridgehead atoms. The summed E-state index contributed by atoms with van der Waals surface area (Å²) >= 11 is 6.30. The van der Waals surface area contributed by atoms with Crippen molar-refractivity contribution in [1.29, 1.82) is 0 Å². The average Bonchev–Trinajstić information content (AvgIpc) is 3.33. The van der Waals surface area contributed by atoms with Gasteiger partial charge in [0.25, 0.3) is 5.91 Å². The number of carbonyl (C=O) groups is 1. The van der Waals surface area contributed by atoms with Crippen molar-refractivity contribution in [1.82, 2.24) is 15.3 Å². The largest absolute Gasteiger partial charge is 0.356 e. The van der Waals surface area contributed by atoms with Crippen molar-refractivity contribution in [2.75, 3.05) is 24.5 Å². The summed E-state index contributed by atoms with van der Waals surface area (Å²) in [5.41, 5.74) is 8.71. The average molecular weight is 468 g/mol. The van der Waals surface area contributed by atoms with Crippen molar-refractivity contribution in [3.8, 4) is 11.4 Å². The highest BCUT2D eigenvalue weighted by molar-refractivity contribution is 6.31. The molecular weight excluding hydrogens is 441 g/mol. The van der Waals surface area contributed by atoms with E-state index in [4.69, 9.17) is 22.3 Å². The maximum Gasteiger partial charge on any atom is 0.259 e. The lowest BCUT2D eigenvalue weighted by molar-refractivity contribution is -0.126. The molecule has 2 aromatic carbocycles. The van der Waals surface area contributed by atoms with Gasteiger partial charge in [0.2, 0.25) is 6.17 Å². The Morgan fingerprint density at radius 3 is 2.79 bits per heavy atom. The van der Waals surface area contributed by atoms with Gasteiger partial charge in [0.15, 0.2) is 5.82 Å². The summed E-state index contributed by atoms with van der Waals surface area (Å²) in [4.78, 5) is 23.9. The van der Waals surface area contributed by atoms with Gasteiger partial charge in [0, 0.05) is 42.0 Å². The SMILES string of the molecule is Cc1ccc(-c2ncc(CNC(=O)C(F)c3ccccc3)c(N3CCC(CN)C3)n2)cc1Cl. The molecule has 2 heterocycles. The second kappa shape index (κ2) is 10.3. The summed E-state index contributed by atoms with van der Waals surface area (Å²) in [6, 6.07) is 14.1. The number of hydrogen-bond acceptors (Lipinski definition) is 5. The molecule has 33 heavy (non-hydrogen) atoms. The number of benzene rings is 2. The van der Waals surface area contributed by atoms with E-state index >= 15 is 0 Å². The first kappa shape index (κ1) is 23.1. The van der Waals surface area contributed by atoms with Gasteiger partial charge < -0.3 is 16.0 Å². The molecule has 2 atom stereocenters. The van der Waals surface area contributed by atoms with E-state index in [1.54, 1.807) is 36.5 Å². The van der Waals surface area contributed by atoms with Gasteiger partial charge in [-0.3, -0.25) is 4.79 Å². The summed E-state index contributed by atoms with van der Waals surface area (Å²) in [5.74, 6) is 0.963. The quantitative estimate of drug-likeness (QED) is 0.543. The lowest BCUT2D eigenvalue weighted by atomic mass is 10.1. The summed E-state index contributed by atoms with van der Waals surface area (Å²) < 4.78 is 14.6. The van der Waals surface area contributed by atoms with Crippen molar-refractivity contribution in [3.63, 3.8) is 0 Å². The Balaban J connectivity index is 1.58. The van der Waals surface area contributed by atoms with E-state index in [0.717, 1.165) is 42.0 Å². The van der Waals surface area contributed by atoms with E-state index in [1.165, 1.54) is 0 Å². The Labute approximate surface area is 198 Å². The van der Waals surface area contributed by atoms with Crippen molar-refractivity contribution < 1.29 is 9.18 Å². The highest BCUT2D eigenvalue weighted by atomic mass is 35.5. The van der Waals surface area contributed by atoms with Crippen LogP contribution in [0.25, 0.3) is 11.4 Å². The minimum Gasteiger partial charge on any atom is -0.356 e. The molecule has 1 aliphatic rings. The number of halogens is 2. The van der Waals surface area contributed by atoms with Gasteiger partial charge >= 0.3 is 0 Å². The summed E-state index contributed by atoms with van der Waals surface area (Å²) in [5, 5.41) is 3.34. The molecule has 3 N–H and O–H groups in total. The van der Waals surface area contributed by atoms with Crippen LogP contribution in [0.5, 0.6) is 0 Å². The zero-order valence-corrected chi connectivity index (χ0v) is 19.2. The van der Waals surface area contributed by atoms with E-state index in [9.17, 15) is 9.18 Å². The predicted molar refractivity (Wildman–Crippen MR) is 129 cm³/mol. The van der Waals surface area contributed by atoms with Crippen LogP contribution in [0.4, 0.5) is 10.2 Å². The summed E-state index contributed by atoms with van der Waals surface area (Å²) in [7, 11) is 0. The second-order valence-electron chi connectivity index (χ2n) is 8.33. The number of nitrogens with two attached hydrogens (primary N) is 1.